The number of anilines is 1. The van der Waals surface area contributed by atoms with Crippen LogP contribution in [0.1, 0.15) is 33.6 Å². The first-order valence-corrected chi connectivity index (χ1v) is 9.90. The molecule has 0 aliphatic rings. The van der Waals surface area contributed by atoms with Crippen molar-refractivity contribution >= 4 is 28.2 Å². The number of hydrogen-bond donors (Lipinski definition) is 1. The van der Waals surface area contributed by atoms with Gasteiger partial charge in [-0.2, -0.15) is 0 Å². The SMILES string of the molecule is COc1ccc(-c2nc(NC(=O)CCC(=O)c3ccc(F)cc3)sc2C)cc1C. The summed E-state index contributed by atoms with van der Waals surface area (Å²) in [6.45, 7) is 3.91. The number of aromatic nitrogens is 1. The lowest BCUT2D eigenvalue weighted by atomic mass is 10.1. The Balaban J connectivity index is 1.62. The molecule has 0 aliphatic heterocycles. The third kappa shape index (κ3) is 5.06. The minimum Gasteiger partial charge on any atom is -0.496 e. The van der Waals surface area contributed by atoms with Crippen LogP contribution in [0.4, 0.5) is 9.52 Å². The Hall–Kier alpha value is -3.06. The Kier molecular flexibility index (Phi) is 6.39. The summed E-state index contributed by atoms with van der Waals surface area (Å²) in [5.74, 6) is -0.0844. The molecule has 1 heterocycles. The molecule has 2 aromatic carbocycles. The highest BCUT2D eigenvalue weighted by Crippen LogP contribution is 2.32. The second kappa shape index (κ2) is 8.96. The number of methoxy groups -OCH3 is 1. The number of aryl methyl sites for hydroxylation is 2. The van der Waals surface area contributed by atoms with Crippen LogP contribution in [0.15, 0.2) is 42.5 Å². The van der Waals surface area contributed by atoms with Crippen LogP contribution in [0.2, 0.25) is 0 Å². The lowest BCUT2D eigenvalue weighted by molar-refractivity contribution is -0.116. The van der Waals surface area contributed by atoms with Crippen molar-refractivity contribution < 1.29 is 18.7 Å². The number of halogens is 1. The number of thiazole rings is 1. The van der Waals surface area contributed by atoms with E-state index in [4.69, 9.17) is 4.74 Å². The molecule has 1 N–H and O–H groups in total. The van der Waals surface area contributed by atoms with E-state index in [0.717, 1.165) is 27.4 Å². The van der Waals surface area contributed by atoms with Crippen LogP contribution in [-0.4, -0.2) is 23.8 Å². The fraction of sp³-hybridized carbons (Fsp3) is 0.227. The molecule has 0 atom stereocenters. The van der Waals surface area contributed by atoms with Crippen LogP contribution in [-0.2, 0) is 4.79 Å². The van der Waals surface area contributed by atoms with Crippen LogP contribution in [0.3, 0.4) is 0 Å². The minimum atomic E-state index is -0.402. The standard InChI is InChI=1S/C22H21FN2O3S/c1-13-12-16(6-10-19(13)28-3)21-14(2)29-22(25-21)24-20(27)11-9-18(26)15-4-7-17(23)8-5-15/h4-8,10,12H,9,11H2,1-3H3,(H,24,25,27). The summed E-state index contributed by atoms with van der Waals surface area (Å²) >= 11 is 1.38. The summed E-state index contributed by atoms with van der Waals surface area (Å²) in [5, 5.41) is 3.25. The van der Waals surface area contributed by atoms with Gasteiger partial charge in [0.1, 0.15) is 11.6 Å². The normalized spacial score (nSPS) is 10.6. The number of ketones is 1. The number of benzene rings is 2. The highest BCUT2D eigenvalue weighted by Gasteiger charge is 2.14. The van der Waals surface area contributed by atoms with Crippen LogP contribution in [0.25, 0.3) is 11.3 Å². The number of carbonyl (C=O) groups excluding carboxylic acids is 2. The minimum absolute atomic E-state index is 0.0335. The Morgan fingerprint density at radius 3 is 2.48 bits per heavy atom. The summed E-state index contributed by atoms with van der Waals surface area (Å²) in [6, 6.07) is 11.1. The van der Waals surface area contributed by atoms with Gasteiger partial charge in [0.05, 0.1) is 12.8 Å². The first-order valence-electron chi connectivity index (χ1n) is 9.08. The third-order valence-electron chi connectivity index (χ3n) is 4.46. The molecule has 5 nitrogen and oxygen atoms in total. The van der Waals surface area contributed by atoms with E-state index < -0.39 is 5.82 Å². The average molecular weight is 412 g/mol. The van der Waals surface area contributed by atoms with Crippen LogP contribution >= 0.6 is 11.3 Å². The molecule has 3 aromatic rings. The number of hydrogen-bond acceptors (Lipinski definition) is 5. The van der Waals surface area contributed by atoms with E-state index in [9.17, 15) is 14.0 Å². The van der Waals surface area contributed by atoms with E-state index >= 15 is 0 Å². The molecule has 150 valence electrons. The molecule has 7 heteroatoms. The number of ether oxygens (including phenoxy) is 1. The van der Waals surface area contributed by atoms with E-state index in [1.54, 1.807) is 7.11 Å². The van der Waals surface area contributed by atoms with Crippen molar-refractivity contribution in [1.29, 1.82) is 0 Å². The number of Topliss-reactive ketones (excluding diaryl/α,β-unsaturated/α-hetero) is 1. The fourth-order valence-electron chi connectivity index (χ4n) is 2.93. The molecule has 0 saturated heterocycles. The Morgan fingerprint density at radius 1 is 1.10 bits per heavy atom. The van der Waals surface area contributed by atoms with Gasteiger partial charge in [-0.1, -0.05) is 0 Å². The molecular weight excluding hydrogens is 391 g/mol. The van der Waals surface area contributed by atoms with Gasteiger partial charge in [-0.25, -0.2) is 9.37 Å². The molecule has 0 fully saturated rings. The van der Waals surface area contributed by atoms with Gasteiger partial charge >= 0.3 is 0 Å². The van der Waals surface area contributed by atoms with Gasteiger partial charge in [0.2, 0.25) is 5.91 Å². The molecule has 0 unspecified atom stereocenters. The molecule has 1 aromatic heterocycles. The highest BCUT2D eigenvalue weighted by molar-refractivity contribution is 7.16. The molecule has 0 bridgehead atoms. The van der Waals surface area contributed by atoms with E-state index in [-0.39, 0.29) is 24.5 Å². The van der Waals surface area contributed by atoms with Crippen molar-refractivity contribution in [2.45, 2.75) is 26.7 Å². The number of nitrogens with one attached hydrogen (secondary N) is 1. The molecule has 0 radical (unpaired) electrons. The van der Waals surface area contributed by atoms with Crippen molar-refractivity contribution in [2.75, 3.05) is 12.4 Å². The van der Waals surface area contributed by atoms with E-state index in [1.165, 1.54) is 35.6 Å². The van der Waals surface area contributed by atoms with Crippen molar-refractivity contribution in [3.8, 4) is 17.0 Å². The zero-order valence-corrected chi connectivity index (χ0v) is 17.2. The molecule has 0 aliphatic carbocycles. The summed E-state index contributed by atoms with van der Waals surface area (Å²) in [7, 11) is 1.63. The summed E-state index contributed by atoms with van der Waals surface area (Å²) in [6.07, 6.45) is 0.0815. The van der Waals surface area contributed by atoms with E-state index in [0.29, 0.717) is 10.7 Å². The maximum atomic E-state index is 12.9. The lowest BCUT2D eigenvalue weighted by Gasteiger charge is -2.06. The van der Waals surface area contributed by atoms with Crippen molar-refractivity contribution in [3.63, 3.8) is 0 Å². The van der Waals surface area contributed by atoms with Gasteiger partial charge in [-0.15, -0.1) is 11.3 Å². The molecule has 1 amide bonds. The predicted molar refractivity (Wildman–Crippen MR) is 112 cm³/mol. The number of rotatable bonds is 7. The molecule has 29 heavy (non-hydrogen) atoms. The zero-order valence-electron chi connectivity index (χ0n) is 16.4. The van der Waals surface area contributed by atoms with Gasteiger partial charge in [-0.05, 0) is 61.9 Å². The highest BCUT2D eigenvalue weighted by atomic mass is 32.1. The van der Waals surface area contributed by atoms with Gasteiger partial charge in [0.15, 0.2) is 10.9 Å². The summed E-state index contributed by atoms with van der Waals surface area (Å²) < 4.78 is 18.2. The predicted octanol–water partition coefficient (Wildman–Crippen LogP) is 5.18. The van der Waals surface area contributed by atoms with E-state index in [2.05, 4.69) is 10.3 Å². The first kappa shape index (κ1) is 20.7. The summed E-state index contributed by atoms with van der Waals surface area (Å²) in [5.41, 5.74) is 3.14. The Labute approximate surface area is 172 Å². The maximum Gasteiger partial charge on any atom is 0.226 e. The van der Waals surface area contributed by atoms with Crippen molar-refractivity contribution in [2.24, 2.45) is 0 Å². The van der Waals surface area contributed by atoms with Crippen molar-refractivity contribution in [1.82, 2.24) is 4.98 Å². The van der Waals surface area contributed by atoms with Gasteiger partial charge in [0.25, 0.3) is 0 Å². The number of carbonyl (C=O) groups is 2. The Morgan fingerprint density at radius 2 is 1.83 bits per heavy atom. The second-order valence-corrected chi connectivity index (χ2v) is 7.79. The fourth-order valence-corrected chi connectivity index (χ4v) is 3.78. The zero-order chi connectivity index (χ0) is 21.0. The van der Waals surface area contributed by atoms with Crippen molar-refractivity contribution in [3.05, 3.63) is 64.3 Å². The average Bonchev–Trinajstić information content (AvgIpc) is 3.06. The number of amides is 1. The van der Waals surface area contributed by atoms with Crippen LogP contribution in [0, 0.1) is 19.7 Å². The topological polar surface area (TPSA) is 68.3 Å². The summed E-state index contributed by atoms with van der Waals surface area (Å²) in [4.78, 5) is 29.8. The molecular formula is C22H21FN2O3S. The quantitative estimate of drug-likeness (QED) is 0.543. The monoisotopic (exact) mass is 412 g/mol. The van der Waals surface area contributed by atoms with Crippen LogP contribution in [0.5, 0.6) is 5.75 Å². The lowest BCUT2D eigenvalue weighted by Crippen LogP contribution is -2.13. The maximum absolute atomic E-state index is 12.9. The second-order valence-electron chi connectivity index (χ2n) is 6.59. The van der Waals surface area contributed by atoms with Gasteiger partial charge in [-0.3, -0.25) is 9.59 Å². The van der Waals surface area contributed by atoms with Gasteiger partial charge in [0, 0.05) is 28.8 Å². The Bertz CT molecular complexity index is 1040. The van der Waals surface area contributed by atoms with Crippen LogP contribution < -0.4 is 10.1 Å². The molecule has 0 saturated carbocycles. The molecule has 3 rings (SSSR count). The van der Waals surface area contributed by atoms with E-state index in [1.807, 2.05) is 32.0 Å². The molecule has 0 spiro atoms. The first-order chi connectivity index (χ1) is 13.9. The largest absolute Gasteiger partial charge is 0.496 e. The smallest absolute Gasteiger partial charge is 0.226 e. The van der Waals surface area contributed by atoms with Gasteiger partial charge < -0.3 is 10.1 Å². The number of nitrogens with zero attached hydrogens (tertiary/aromatic N) is 1. The third-order valence-corrected chi connectivity index (χ3v) is 5.34.